The summed E-state index contributed by atoms with van der Waals surface area (Å²) in [7, 11) is 1.98. The van der Waals surface area contributed by atoms with Gasteiger partial charge in [0.1, 0.15) is 0 Å². The van der Waals surface area contributed by atoms with Gasteiger partial charge in [0.15, 0.2) is 0 Å². The summed E-state index contributed by atoms with van der Waals surface area (Å²) >= 11 is 0. The van der Waals surface area contributed by atoms with Gasteiger partial charge in [-0.1, -0.05) is 18.2 Å². The maximum Gasteiger partial charge on any atom is 0.0725 e. The van der Waals surface area contributed by atoms with Gasteiger partial charge < -0.3 is 15.4 Å². The van der Waals surface area contributed by atoms with Crippen LogP contribution in [-0.2, 0) is 24.5 Å². The molecule has 0 radical (unpaired) electrons. The second kappa shape index (κ2) is 5.43. The SMILES string of the molecule is CNCC(C)NCc1ccc2c(c1)COC2. The normalized spacial score (nSPS) is 16.1. The molecular formula is C13H20N2O. The van der Waals surface area contributed by atoms with Crippen LogP contribution in [0.5, 0.6) is 0 Å². The topological polar surface area (TPSA) is 33.3 Å². The standard InChI is InChI=1S/C13H20N2O/c1-10(6-14-2)15-7-11-3-4-12-8-16-9-13(12)5-11/h3-5,10,14-15H,6-9H2,1-2H3. The Morgan fingerprint density at radius 2 is 2.12 bits per heavy atom. The number of fused-ring (bicyclic) bond motifs is 1. The van der Waals surface area contributed by atoms with Crippen LogP contribution in [0.4, 0.5) is 0 Å². The van der Waals surface area contributed by atoms with Gasteiger partial charge in [0, 0.05) is 19.1 Å². The molecule has 2 N–H and O–H groups in total. The van der Waals surface area contributed by atoms with Crippen LogP contribution in [-0.4, -0.2) is 19.6 Å². The van der Waals surface area contributed by atoms with E-state index in [1.807, 2.05) is 7.05 Å². The van der Waals surface area contributed by atoms with Crippen LogP contribution in [0.2, 0.25) is 0 Å². The number of hydrogen-bond donors (Lipinski definition) is 2. The van der Waals surface area contributed by atoms with Gasteiger partial charge in [0.2, 0.25) is 0 Å². The summed E-state index contributed by atoms with van der Waals surface area (Å²) in [5.41, 5.74) is 4.03. The molecule has 0 amide bonds. The Labute approximate surface area is 97.2 Å². The van der Waals surface area contributed by atoms with Crippen LogP contribution in [0.15, 0.2) is 18.2 Å². The van der Waals surface area contributed by atoms with Crippen molar-refractivity contribution in [1.82, 2.24) is 10.6 Å². The first-order valence-corrected chi connectivity index (χ1v) is 5.86. The Morgan fingerprint density at radius 3 is 2.94 bits per heavy atom. The van der Waals surface area contributed by atoms with E-state index in [1.54, 1.807) is 0 Å². The molecular weight excluding hydrogens is 200 g/mol. The van der Waals surface area contributed by atoms with Gasteiger partial charge >= 0.3 is 0 Å². The van der Waals surface area contributed by atoms with Gasteiger partial charge in [-0.3, -0.25) is 0 Å². The fourth-order valence-corrected chi connectivity index (χ4v) is 2.01. The van der Waals surface area contributed by atoms with Crippen LogP contribution >= 0.6 is 0 Å². The van der Waals surface area contributed by atoms with E-state index < -0.39 is 0 Å². The largest absolute Gasteiger partial charge is 0.372 e. The Morgan fingerprint density at radius 1 is 1.31 bits per heavy atom. The van der Waals surface area contributed by atoms with E-state index in [2.05, 4.69) is 35.8 Å². The zero-order valence-electron chi connectivity index (χ0n) is 10.0. The van der Waals surface area contributed by atoms with E-state index in [0.717, 1.165) is 26.3 Å². The first-order chi connectivity index (χ1) is 7.79. The number of likely N-dealkylation sites (N-methyl/N-ethyl adjacent to an activating group) is 1. The van der Waals surface area contributed by atoms with Gasteiger partial charge in [0.25, 0.3) is 0 Å². The van der Waals surface area contributed by atoms with Crippen molar-refractivity contribution in [3.05, 3.63) is 34.9 Å². The molecule has 2 rings (SSSR count). The molecule has 0 saturated heterocycles. The zero-order valence-corrected chi connectivity index (χ0v) is 10.0. The van der Waals surface area contributed by atoms with Gasteiger partial charge in [0.05, 0.1) is 13.2 Å². The molecule has 1 aliphatic rings. The predicted molar refractivity (Wildman–Crippen MR) is 65.2 cm³/mol. The van der Waals surface area contributed by atoms with Crippen molar-refractivity contribution in [2.45, 2.75) is 32.7 Å². The van der Waals surface area contributed by atoms with E-state index in [0.29, 0.717) is 6.04 Å². The lowest BCUT2D eigenvalue weighted by Crippen LogP contribution is -2.34. The van der Waals surface area contributed by atoms with Gasteiger partial charge in [-0.15, -0.1) is 0 Å². The molecule has 0 fully saturated rings. The van der Waals surface area contributed by atoms with E-state index in [4.69, 9.17) is 4.74 Å². The highest BCUT2D eigenvalue weighted by Crippen LogP contribution is 2.20. The molecule has 0 aliphatic carbocycles. The van der Waals surface area contributed by atoms with Gasteiger partial charge in [-0.2, -0.15) is 0 Å². The molecule has 0 bridgehead atoms. The first kappa shape index (κ1) is 11.6. The Bertz CT molecular complexity index is 352. The molecule has 1 heterocycles. The number of nitrogens with one attached hydrogen (secondary N) is 2. The van der Waals surface area contributed by atoms with Crippen LogP contribution in [0, 0.1) is 0 Å². The molecule has 1 aromatic carbocycles. The highest BCUT2D eigenvalue weighted by molar-refractivity contribution is 5.33. The summed E-state index contributed by atoms with van der Waals surface area (Å²) in [5, 5.41) is 6.65. The number of hydrogen-bond acceptors (Lipinski definition) is 3. The third-order valence-corrected chi connectivity index (χ3v) is 2.95. The van der Waals surface area contributed by atoms with Crippen LogP contribution in [0.25, 0.3) is 0 Å². The summed E-state index contributed by atoms with van der Waals surface area (Å²) in [6, 6.07) is 7.12. The van der Waals surface area contributed by atoms with Crippen molar-refractivity contribution >= 4 is 0 Å². The van der Waals surface area contributed by atoms with Crippen molar-refractivity contribution in [1.29, 1.82) is 0 Å². The fraction of sp³-hybridized carbons (Fsp3) is 0.538. The molecule has 1 aromatic rings. The Kier molecular flexibility index (Phi) is 3.93. The monoisotopic (exact) mass is 220 g/mol. The average molecular weight is 220 g/mol. The van der Waals surface area contributed by atoms with E-state index in [1.165, 1.54) is 16.7 Å². The zero-order chi connectivity index (χ0) is 11.4. The van der Waals surface area contributed by atoms with Gasteiger partial charge in [-0.05, 0) is 30.7 Å². The molecule has 88 valence electrons. The van der Waals surface area contributed by atoms with E-state index in [9.17, 15) is 0 Å². The van der Waals surface area contributed by atoms with Crippen molar-refractivity contribution in [2.75, 3.05) is 13.6 Å². The van der Waals surface area contributed by atoms with Crippen LogP contribution < -0.4 is 10.6 Å². The van der Waals surface area contributed by atoms with E-state index in [-0.39, 0.29) is 0 Å². The Balaban J connectivity index is 1.90. The summed E-state index contributed by atoms with van der Waals surface area (Å²) in [4.78, 5) is 0. The van der Waals surface area contributed by atoms with Gasteiger partial charge in [-0.25, -0.2) is 0 Å². The molecule has 0 saturated carbocycles. The summed E-state index contributed by atoms with van der Waals surface area (Å²) < 4.78 is 5.40. The number of benzene rings is 1. The lowest BCUT2D eigenvalue weighted by atomic mass is 10.1. The second-order valence-electron chi connectivity index (χ2n) is 4.44. The number of rotatable bonds is 5. The summed E-state index contributed by atoms with van der Waals surface area (Å²) in [5.74, 6) is 0. The lowest BCUT2D eigenvalue weighted by Gasteiger charge is -2.13. The predicted octanol–water partition coefficient (Wildman–Crippen LogP) is 1.41. The van der Waals surface area contributed by atoms with Crippen molar-refractivity contribution < 1.29 is 4.74 Å². The highest BCUT2D eigenvalue weighted by atomic mass is 16.5. The first-order valence-electron chi connectivity index (χ1n) is 5.86. The molecule has 3 nitrogen and oxygen atoms in total. The average Bonchev–Trinajstić information content (AvgIpc) is 2.74. The van der Waals surface area contributed by atoms with Crippen LogP contribution in [0.1, 0.15) is 23.6 Å². The minimum absolute atomic E-state index is 0.495. The third kappa shape index (κ3) is 2.82. The molecule has 16 heavy (non-hydrogen) atoms. The number of ether oxygens (including phenoxy) is 1. The molecule has 1 unspecified atom stereocenters. The van der Waals surface area contributed by atoms with Crippen molar-refractivity contribution in [3.63, 3.8) is 0 Å². The third-order valence-electron chi connectivity index (χ3n) is 2.95. The molecule has 1 atom stereocenters. The Hall–Kier alpha value is -0.900. The quantitative estimate of drug-likeness (QED) is 0.787. The van der Waals surface area contributed by atoms with Crippen LogP contribution in [0.3, 0.4) is 0 Å². The van der Waals surface area contributed by atoms with Crippen molar-refractivity contribution in [3.8, 4) is 0 Å². The minimum atomic E-state index is 0.495. The molecule has 3 heteroatoms. The molecule has 1 aliphatic heterocycles. The minimum Gasteiger partial charge on any atom is -0.372 e. The maximum absolute atomic E-state index is 5.40. The second-order valence-corrected chi connectivity index (χ2v) is 4.44. The van der Waals surface area contributed by atoms with Crippen molar-refractivity contribution in [2.24, 2.45) is 0 Å². The fourth-order valence-electron chi connectivity index (χ4n) is 2.01. The molecule has 0 aromatic heterocycles. The smallest absolute Gasteiger partial charge is 0.0725 e. The lowest BCUT2D eigenvalue weighted by molar-refractivity contribution is 0.134. The van der Waals surface area contributed by atoms with E-state index >= 15 is 0 Å². The maximum atomic E-state index is 5.40. The summed E-state index contributed by atoms with van der Waals surface area (Å²) in [6.45, 7) is 5.66. The molecule has 0 spiro atoms. The highest BCUT2D eigenvalue weighted by Gasteiger charge is 2.11. The summed E-state index contributed by atoms with van der Waals surface area (Å²) in [6.07, 6.45) is 0.